The number of nitrogens with zero attached hydrogens (tertiary/aromatic N) is 4. The molecule has 1 saturated heterocycles. The molecule has 0 bridgehead atoms. The van der Waals surface area contributed by atoms with Crippen LogP contribution in [0, 0.1) is 0 Å². The number of hydrogen-bond donors (Lipinski definition) is 1. The van der Waals surface area contributed by atoms with E-state index in [1.807, 2.05) is 30.3 Å². The molecule has 124 valence electrons. The molecule has 2 aliphatic rings. The van der Waals surface area contributed by atoms with Gasteiger partial charge in [-0.05, 0) is 25.0 Å². The second kappa shape index (κ2) is 6.07. The third kappa shape index (κ3) is 2.66. The van der Waals surface area contributed by atoms with E-state index in [2.05, 4.69) is 15.5 Å². The molecule has 1 saturated carbocycles. The number of piperazine rings is 1. The third-order valence-electron chi connectivity index (χ3n) is 4.75. The van der Waals surface area contributed by atoms with Gasteiger partial charge >= 0.3 is 0 Å². The van der Waals surface area contributed by atoms with Crippen molar-refractivity contribution in [2.45, 2.75) is 37.8 Å². The lowest BCUT2D eigenvalue weighted by Gasteiger charge is -2.43. The van der Waals surface area contributed by atoms with Gasteiger partial charge in [0.1, 0.15) is 6.54 Å². The lowest BCUT2D eigenvalue weighted by atomic mass is 9.87. The van der Waals surface area contributed by atoms with Crippen molar-refractivity contribution in [1.82, 2.24) is 25.2 Å². The molecule has 1 aromatic carbocycles. The highest BCUT2D eigenvalue weighted by atomic mass is 16.2. The van der Waals surface area contributed by atoms with Gasteiger partial charge in [-0.3, -0.25) is 9.59 Å². The van der Waals surface area contributed by atoms with Crippen molar-refractivity contribution in [3.05, 3.63) is 42.2 Å². The van der Waals surface area contributed by atoms with Gasteiger partial charge in [-0.1, -0.05) is 31.0 Å². The molecule has 24 heavy (non-hydrogen) atoms. The molecule has 7 nitrogen and oxygen atoms in total. The molecule has 0 radical (unpaired) electrons. The molecule has 2 fully saturated rings. The van der Waals surface area contributed by atoms with Crippen molar-refractivity contribution in [2.24, 2.45) is 0 Å². The number of fused-ring (bicyclic) bond motifs is 1. The minimum atomic E-state index is -0.219. The molecule has 2 unspecified atom stereocenters. The van der Waals surface area contributed by atoms with Crippen LogP contribution >= 0.6 is 0 Å². The molecule has 1 aliphatic heterocycles. The first kappa shape index (κ1) is 14.9. The van der Waals surface area contributed by atoms with Crippen LogP contribution < -0.4 is 5.32 Å². The maximum absolute atomic E-state index is 12.9. The SMILES string of the molecule is O=C1CN(C(=O)c2cnn(-c3ccccc3)n2)C2CCCCC2N1. The fourth-order valence-electron chi connectivity index (χ4n) is 3.59. The predicted octanol–water partition coefficient (Wildman–Crippen LogP) is 1.15. The fraction of sp³-hybridized carbons (Fsp3) is 0.412. The van der Waals surface area contributed by atoms with Gasteiger partial charge < -0.3 is 10.2 Å². The second-order valence-electron chi connectivity index (χ2n) is 6.31. The zero-order chi connectivity index (χ0) is 16.5. The van der Waals surface area contributed by atoms with Gasteiger partial charge in [0.25, 0.3) is 5.91 Å². The summed E-state index contributed by atoms with van der Waals surface area (Å²) in [5, 5.41) is 11.5. The number of aromatic nitrogens is 3. The summed E-state index contributed by atoms with van der Waals surface area (Å²) in [4.78, 5) is 27.9. The van der Waals surface area contributed by atoms with Gasteiger partial charge in [0, 0.05) is 6.04 Å². The number of nitrogens with one attached hydrogen (secondary N) is 1. The average molecular weight is 325 g/mol. The van der Waals surface area contributed by atoms with Crippen molar-refractivity contribution < 1.29 is 9.59 Å². The summed E-state index contributed by atoms with van der Waals surface area (Å²) >= 11 is 0. The van der Waals surface area contributed by atoms with Crippen LogP contribution in [0.3, 0.4) is 0 Å². The number of hydrogen-bond acceptors (Lipinski definition) is 4. The van der Waals surface area contributed by atoms with Crippen LogP contribution in [0.4, 0.5) is 0 Å². The minimum absolute atomic E-state index is 0.0609. The van der Waals surface area contributed by atoms with Crippen molar-refractivity contribution in [1.29, 1.82) is 0 Å². The fourth-order valence-corrected chi connectivity index (χ4v) is 3.59. The molecular weight excluding hydrogens is 306 g/mol. The Hall–Kier alpha value is -2.70. The topological polar surface area (TPSA) is 80.1 Å². The van der Waals surface area contributed by atoms with E-state index in [4.69, 9.17) is 0 Å². The first-order valence-electron chi connectivity index (χ1n) is 8.30. The van der Waals surface area contributed by atoms with E-state index in [-0.39, 0.29) is 36.1 Å². The van der Waals surface area contributed by atoms with E-state index in [9.17, 15) is 9.59 Å². The molecule has 7 heteroatoms. The molecule has 2 heterocycles. The van der Waals surface area contributed by atoms with Gasteiger partial charge in [-0.2, -0.15) is 9.90 Å². The van der Waals surface area contributed by atoms with Crippen molar-refractivity contribution in [3.63, 3.8) is 0 Å². The molecular formula is C17H19N5O2. The van der Waals surface area contributed by atoms with Gasteiger partial charge in [0.2, 0.25) is 5.91 Å². The highest BCUT2D eigenvalue weighted by Gasteiger charge is 2.39. The van der Waals surface area contributed by atoms with Crippen LogP contribution in [-0.4, -0.2) is 50.3 Å². The third-order valence-corrected chi connectivity index (χ3v) is 4.75. The Bertz CT molecular complexity index is 757. The Kier molecular flexibility index (Phi) is 3.76. The second-order valence-corrected chi connectivity index (χ2v) is 6.31. The quantitative estimate of drug-likeness (QED) is 0.898. The van der Waals surface area contributed by atoms with Gasteiger partial charge in [0.15, 0.2) is 5.69 Å². The first-order chi connectivity index (χ1) is 11.7. The largest absolute Gasteiger partial charge is 0.350 e. The Morgan fingerprint density at radius 1 is 1.17 bits per heavy atom. The molecule has 1 aromatic heterocycles. The maximum atomic E-state index is 12.9. The minimum Gasteiger partial charge on any atom is -0.350 e. The van der Waals surface area contributed by atoms with E-state index >= 15 is 0 Å². The summed E-state index contributed by atoms with van der Waals surface area (Å²) in [5.74, 6) is -0.314. The molecule has 2 atom stereocenters. The van der Waals surface area contributed by atoms with E-state index < -0.39 is 0 Å². The standard InChI is InChI=1S/C17H19N5O2/c23-16-11-21(15-9-5-4-8-13(15)19-16)17(24)14-10-18-22(20-14)12-6-2-1-3-7-12/h1-3,6-7,10,13,15H,4-5,8-9,11H2,(H,19,23). The van der Waals surface area contributed by atoms with E-state index in [0.29, 0.717) is 0 Å². The zero-order valence-electron chi connectivity index (χ0n) is 13.3. The number of rotatable bonds is 2. The van der Waals surface area contributed by atoms with Gasteiger partial charge in [-0.25, -0.2) is 0 Å². The van der Waals surface area contributed by atoms with Gasteiger partial charge in [0.05, 0.1) is 17.9 Å². The van der Waals surface area contributed by atoms with Crippen LogP contribution in [0.25, 0.3) is 5.69 Å². The van der Waals surface area contributed by atoms with E-state index in [0.717, 1.165) is 31.4 Å². The van der Waals surface area contributed by atoms with Crippen molar-refractivity contribution >= 4 is 11.8 Å². The van der Waals surface area contributed by atoms with E-state index in [1.54, 1.807) is 4.90 Å². The lowest BCUT2D eigenvalue weighted by molar-refractivity contribution is -0.127. The van der Waals surface area contributed by atoms with Crippen LogP contribution in [0.15, 0.2) is 36.5 Å². The molecule has 2 amide bonds. The van der Waals surface area contributed by atoms with Gasteiger partial charge in [-0.15, -0.1) is 5.10 Å². The number of carbonyl (C=O) groups is 2. The van der Waals surface area contributed by atoms with Crippen molar-refractivity contribution in [2.75, 3.05) is 6.54 Å². The molecule has 2 aromatic rings. The number of amides is 2. The summed E-state index contributed by atoms with van der Waals surface area (Å²) in [6.45, 7) is 0.0954. The smallest absolute Gasteiger partial charge is 0.276 e. The van der Waals surface area contributed by atoms with E-state index in [1.165, 1.54) is 11.0 Å². The maximum Gasteiger partial charge on any atom is 0.276 e. The molecule has 4 rings (SSSR count). The van der Waals surface area contributed by atoms with Crippen LogP contribution in [0.2, 0.25) is 0 Å². The highest BCUT2D eigenvalue weighted by molar-refractivity contribution is 5.95. The Balaban J connectivity index is 1.58. The average Bonchev–Trinajstić information content (AvgIpc) is 3.11. The molecule has 1 N–H and O–H groups in total. The monoisotopic (exact) mass is 325 g/mol. The number of para-hydroxylation sites is 1. The highest BCUT2D eigenvalue weighted by Crippen LogP contribution is 2.26. The first-order valence-corrected chi connectivity index (χ1v) is 8.30. The van der Waals surface area contributed by atoms with Crippen LogP contribution in [0.5, 0.6) is 0 Å². The summed E-state index contributed by atoms with van der Waals surface area (Å²) in [6.07, 6.45) is 5.49. The lowest BCUT2D eigenvalue weighted by Crippen LogP contribution is -2.62. The van der Waals surface area contributed by atoms with Crippen LogP contribution in [0.1, 0.15) is 36.2 Å². The number of carbonyl (C=O) groups excluding carboxylic acids is 2. The van der Waals surface area contributed by atoms with Crippen LogP contribution in [-0.2, 0) is 4.79 Å². The Morgan fingerprint density at radius 3 is 2.79 bits per heavy atom. The zero-order valence-corrected chi connectivity index (χ0v) is 13.3. The summed E-state index contributed by atoms with van der Waals surface area (Å²) < 4.78 is 0. The predicted molar refractivity (Wildman–Crippen MR) is 86.6 cm³/mol. The Morgan fingerprint density at radius 2 is 1.96 bits per heavy atom. The summed E-state index contributed by atoms with van der Waals surface area (Å²) in [5.41, 5.74) is 1.07. The summed E-state index contributed by atoms with van der Waals surface area (Å²) in [7, 11) is 0. The normalized spacial score (nSPS) is 23.5. The van der Waals surface area contributed by atoms with Crippen molar-refractivity contribution in [3.8, 4) is 5.69 Å². The summed E-state index contributed by atoms with van der Waals surface area (Å²) in [6, 6.07) is 9.57. The molecule has 1 aliphatic carbocycles. The number of benzene rings is 1. The molecule has 0 spiro atoms. The Labute approximate surface area is 139 Å².